The normalized spacial score (nSPS) is 11.7. The first-order chi connectivity index (χ1) is 12.8. The van der Waals surface area contributed by atoms with Crippen molar-refractivity contribution in [2.45, 2.75) is 19.9 Å². The highest BCUT2D eigenvalue weighted by Gasteiger charge is 2.27. The molecule has 0 unspecified atom stereocenters. The Hall–Kier alpha value is -2.81. The summed E-state index contributed by atoms with van der Waals surface area (Å²) >= 11 is 1.23. The molecule has 6 nitrogen and oxygen atoms in total. The lowest BCUT2D eigenvalue weighted by molar-refractivity contribution is -0.150. The Morgan fingerprint density at radius 1 is 1.19 bits per heavy atom. The molecule has 0 aliphatic rings. The molecule has 2 N–H and O–H groups in total. The van der Waals surface area contributed by atoms with Crippen LogP contribution in [0.15, 0.2) is 35.7 Å². The summed E-state index contributed by atoms with van der Waals surface area (Å²) in [7, 11) is 0. The molecular weight excluding hydrogens is 378 g/mol. The van der Waals surface area contributed by atoms with E-state index in [1.54, 1.807) is 31.4 Å². The monoisotopic (exact) mass is 396 g/mol. The maximum atomic E-state index is 13.5. The average Bonchev–Trinajstić information content (AvgIpc) is 3.14. The van der Waals surface area contributed by atoms with Gasteiger partial charge in [-0.25, -0.2) is 13.6 Å². The molecule has 0 bridgehead atoms. The third-order valence-electron chi connectivity index (χ3n) is 3.50. The Balaban J connectivity index is 1.91. The number of esters is 1. The fourth-order valence-corrected chi connectivity index (χ4v) is 2.75. The van der Waals surface area contributed by atoms with Crippen molar-refractivity contribution in [2.75, 3.05) is 11.9 Å². The predicted octanol–water partition coefficient (Wildman–Crippen LogP) is 2.96. The van der Waals surface area contributed by atoms with Gasteiger partial charge in [0.2, 0.25) is 0 Å². The zero-order valence-corrected chi connectivity index (χ0v) is 15.4. The number of carbonyl (C=O) groups is 3. The van der Waals surface area contributed by atoms with Gasteiger partial charge >= 0.3 is 5.97 Å². The number of rotatable bonds is 7. The number of carbonyl (C=O) groups excluding carboxylic acids is 3. The molecule has 0 saturated carbocycles. The number of hydrogen-bond acceptors (Lipinski definition) is 5. The molecule has 144 valence electrons. The van der Waals surface area contributed by atoms with Gasteiger partial charge in [0.05, 0.1) is 10.6 Å². The minimum Gasteiger partial charge on any atom is -0.454 e. The van der Waals surface area contributed by atoms with E-state index in [0.717, 1.165) is 12.1 Å². The molecule has 2 rings (SSSR count). The highest BCUT2D eigenvalue weighted by atomic mass is 32.1. The smallest absolute Gasteiger partial charge is 0.329 e. The molecule has 1 heterocycles. The van der Waals surface area contributed by atoms with E-state index >= 15 is 0 Å². The summed E-state index contributed by atoms with van der Waals surface area (Å²) in [6.07, 6.45) is 0. The summed E-state index contributed by atoms with van der Waals surface area (Å²) < 4.78 is 31.3. The Labute approximate surface area is 158 Å². The number of benzene rings is 1. The molecule has 0 fully saturated rings. The molecule has 27 heavy (non-hydrogen) atoms. The molecule has 9 heteroatoms. The second kappa shape index (κ2) is 9.22. The Bertz CT molecular complexity index is 825. The first kappa shape index (κ1) is 20.5. The maximum Gasteiger partial charge on any atom is 0.329 e. The zero-order valence-electron chi connectivity index (χ0n) is 14.6. The van der Waals surface area contributed by atoms with Gasteiger partial charge in [-0.1, -0.05) is 19.9 Å². The molecule has 2 amide bonds. The summed E-state index contributed by atoms with van der Waals surface area (Å²) in [4.78, 5) is 36.6. The van der Waals surface area contributed by atoms with Crippen LogP contribution in [0.4, 0.5) is 14.5 Å². The van der Waals surface area contributed by atoms with E-state index in [4.69, 9.17) is 4.74 Å². The summed E-state index contributed by atoms with van der Waals surface area (Å²) in [5, 5.41) is 6.48. The van der Waals surface area contributed by atoms with Crippen LogP contribution in [-0.4, -0.2) is 30.4 Å². The number of anilines is 1. The van der Waals surface area contributed by atoms with Crippen molar-refractivity contribution in [1.82, 2.24) is 5.32 Å². The number of ether oxygens (including phenoxy) is 1. The lowest BCUT2D eigenvalue weighted by Gasteiger charge is -2.20. The summed E-state index contributed by atoms with van der Waals surface area (Å²) in [5.41, 5.74) is -0.233. The van der Waals surface area contributed by atoms with Crippen molar-refractivity contribution in [1.29, 1.82) is 0 Å². The number of amides is 2. The second-order valence-electron chi connectivity index (χ2n) is 5.95. The first-order valence-corrected chi connectivity index (χ1v) is 8.91. The molecule has 1 atom stereocenters. The van der Waals surface area contributed by atoms with Crippen LogP contribution in [0.1, 0.15) is 23.5 Å². The van der Waals surface area contributed by atoms with Gasteiger partial charge in [0.15, 0.2) is 6.61 Å². The third-order valence-corrected chi connectivity index (χ3v) is 4.37. The Morgan fingerprint density at radius 3 is 2.52 bits per heavy atom. The first-order valence-electron chi connectivity index (χ1n) is 8.04. The van der Waals surface area contributed by atoms with E-state index < -0.39 is 42.1 Å². The summed E-state index contributed by atoms with van der Waals surface area (Å²) in [5.74, 6) is -4.00. The standard InChI is InChI=1S/C18H18F2N2O4S/c1-10(2)16(22-17(24)14-4-3-7-27-14)18(25)26-9-15(23)21-13-6-5-11(19)8-12(13)20/h3-8,10,16H,9H2,1-2H3,(H,21,23)(H,22,24)/t16-/m1/s1. The maximum absolute atomic E-state index is 13.5. The van der Waals surface area contributed by atoms with Gasteiger partial charge in [0.1, 0.15) is 17.7 Å². The van der Waals surface area contributed by atoms with Crippen LogP contribution in [0, 0.1) is 17.6 Å². The van der Waals surface area contributed by atoms with Gasteiger partial charge in [-0.15, -0.1) is 11.3 Å². The van der Waals surface area contributed by atoms with Crippen molar-refractivity contribution in [3.05, 3.63) is 52.2 Å². The molecule has 0 spiro atoms. The highest BCUT2D eigenvalue weighted by molar-refractivity contribution is 7.12. The van der Waals surface area contributed by atoms with Crippen LogP contribution < -0.4 is 10.6 Å². The van der Waals surface area contributed by atoms with Crippen LogP contribution in [0.3, 0.4) is 0 Å². The topological polar surface area (TPSA) is 84.5 Å². The van der Waals surface area contributed by atoms with Crippen LogP contribution in [0.2, 0.25) is 0 Å². The van der Waals surface area contributed by atoms with E-state index in [1.807, 2.05) is 0 Å². The quantitative estimate of drug-likeness (QED) is 0.705. The van der Waals surface area contributed by atoms with Crippen molar-refractivity contribution in [2.24, 2.45) is 5.92 Å². The Morgan fingerprint density at radius 2 is 1.93 bits per heavy atom. The molecule has 0 radical (unpaired) electrons. The minimum absolute atomic E-state index is 0.233. The summed E-state index contributed by atoms with van der Waals surface area (Å²) in [6, 6.07) is 5.04. The largest absolute Gasteiger partial charge is 0.454 e. The molecule has 1 aromatic carbocycles. The van der Waals surface area contributed by atoms with Crippen molar-refractivity contribution < 1.29 is 27.9 Å². The number of halogens is 2. The average molecular weight is 396 g/mol. The van der Waals surface area contributed by atoms with Crippen molar-refractivity contribution >= 4 is 34.8 Å². The number of hydrogen-bond donors (Lipinski definition) is 2. The van der Waals surface area contributed by atoms with E-state index in [0.29, 0.717) is 10.9 Å². The van der Waals surface area contributed by atoms with Crippen molar-refractivity contribution in [3.8, 4) is 0 Å². The van der Waals surface area contributed by atoms with Gasteiger partial charge in [0, 0.05) is 6.07 Å². The second-order valence-corrected chi connectivity index (χ2v) is 6.90. The highest BCUT2D eigenvalue weighted by Crippen LogP contribution is 2.15. The molecule has 0 saturated heterocycles. The van der Waals surface area contributed by atoms with E-state index in [2.05, 4.69) is 10.6 Å². The molecule has 2 aromatic rings. The van der Waals surface area contributed by atoms with Gasteiger partial charge in [0.25, 0.3) is 11.8 Å². The van der Waals surface area contributed by atoms with E-state index in [1.165, 1.54) is 11.3 Å². The lowest BCUT2D eigenvalue weighted by atomic mass is 10.0. The summed E-state index contributed by atoms with van der Waals surface area (Å²) in [6.45, 7) is 2.76. The molecular formula is C18H18F2N2O4S. The van der Waals surface area contributed by atoms with E-state index in [9.17, 15) is 23.2 Å². The zero-order chi connectivity index (χ0) is 20.0. The van der Waals surface area contributed by atoms with Gasteiger partial charge in [-0.2, -0.15) is 0 Å². The van der Waals surface area contributed by atoms with Crippen LogP contribution >= 0.6 is 11.3 Å². The van der Waals surface area contributed by atoms with Crippen LogP contribution in [0.25, 0.3) is 0 Å². The van der Waals surface area contributed by atoms with Gasteiger partial charge in [-0.3, -0.25) is 9.59 Å². The lowest BCUT2D eigenvalue weighted by Crippen LogP contribution is -2.45. The number of nitrogens with one attached hydrogen (secondary N) is 2. The predicted molar refractivity (Wildman–Crippen MR) is 96.4 cm³/mol. The molecule has 1 aromatic heterocycles. The van der Waals surface area contributed by atoms with Crippen LogP contribution in [0.5, 0.6) is 0 Å². The molecule has 0 aliphatic carbocycles. The van der Waals surface area contributed by atoms with Gasteiger partial charge in [-0.05, 0) is 29.5 Å². The Kier molecular flexibility index (Phi) is 7.00. The minimum atomic E-state index is -0.949. The van der Waals surface area contributed by atoms with Crippen LogP contribution in [-0.2, 0) is 14.3 Å². The number of thiophene rings is 1. The van der Waals surface area contributed by atoms with Crippen molar-refractivity contribution in [3.63, 3.8) is 0 Å². The SMILES string of the molecule is CC(C)[C@@H](NC(=O)c1cccs1)C(=O)OCC(=O)Nc1ccc(F)cc1F. The molecule has 0 aliphatic heterocycles. The van der Waals surface area contributed by atoms with E-state index in [-0.39, 0.29) is 11.6 Å². The fourth-order valence-electron chi connectivity index (χ4n) is 2.12. The fraction of sp³-hybridized carbons (Fsp3) is 0.278. The van der Waals surface area contributed by atoms with Gasteiger partial charge < -0.3 is 15.4 Å². The third kappa shape index (κ3) is 5.85.